The first kappa shape index (κ1) is 13.0. The zero-order valence-electron chi connectivity index (χ0n) is 10.0. The summed E-state index contributed by atoms with van der Waals surface area (Å²) in [5, 5.41) is 0. The minimum absolute atomic E-state index is 0.0799. The van der Waals surface area contributed by atoms with Crippen molar-refractivity contribution >= 4 is 15.9 Å². The lowest BCUT2D eigenvalue weighted by Crippen LogP contribution is -2.09. The molecule has 0 saturated carbocycles. The molecule has 17 heavy (non-hydrogen) atoms. The fourth-order valence-electron chi connectivity index (χ4n) is 1.72. The van der Waals surface area contributed by atoms with Gasteiger partial charge >= 0.3 is 0 Å². The number of halogens is 2. The summed E-state index contributed by atoms with van der Waals surface area (Å²) < 4.78 is 25.3. The highest BCUT2D eigenvalue weighted by Crippen LogP contribution is 2.31. The minimum Gasteiger partial charge on any atom is -0.371 e. The van der Waals surface area contributed by atoms with Gasteiger partial charge in [0.15, 0.2) is 0 Å². The number of hydrogen-bond donors (Lipinski definition) is 0. The largest absolute Gasteiger partial charge is 0.371 e. The van der Waals surface area contributed by atoms with Gasteiger partial charge in [-0.1, -0.05) is 22.9 Å². The Balaban J connectivity index is 2.13. The monoisotopic (exact) mass is 302 g/mol. The second-order valence-corrected chi connectivity index (χ2v) is 5.16. The summed E-state index contributed by atoms with van der Waals surface area (Å²) in [5.41, 5.74) is 1.51. The quantitative estimate of drug-likeness (QED) is 0.773. The maximum Gasteiger partial charge on any atom is 0.126 e. The molecule has 0 spiro atoms. The summed E-state index contributed by atoms with van der Waals surface area (Å²) in [5.74, 6) is -0.187. The molecule has 2 nitrogen and oxygen atoms in total. The third kappa shape index (κ3) is 3.27. The van der Waals surface area contributed by atoms with Crippen LogP contribution in [-0.4, -0.2) is 19.3 Å². The first-order chi connectivity index (χ1) is 8.11. The van der Waals surface area contributed by atoms with E-state index >= 15 is 0 Å². The molecule has 0 aromatic heterocycles. The number of aryl methyl sites for hydroxylation is 1. The molecule has 1 aliphatic heterocycles. The Morgan fingerprint density at radius 3 is 2.88 bits per heavy atom. The summed E-state index contributed by atoms with van der Waals surface area (Å²) in [7, 11) is 0. The lowest BCUT2D eigenvalue weighted by atomic mass is 10.0. The third-order valence-electron chi connectivity index (χ3n) is 2.88. The van der Waals surface area contributed by atoms with Crippen LogP contribution in [0.1, 0.15) is 30.6 Å². The van der Waals surface area contributed by atoms with Gasteiger partial charge < -0.3 is 9.47 Å². The van der Waals surface area contributed by atoms with Gasteiger partial charge in [-0.05, 0) is 36.6 Å². The van der Waals surface area contributed by atoms with Crippen LogP contribution in [0.25, 0.3) is 0 Å². The molecule has 1 aromatic carbocycles. The van der Waals surface area contributed by atoms with Gasteiger partial charge in [-0.3, -0.25) is 0 Å². The summed E-state index contributed by atoms with van der Waals surface area (Å²) >= 11 is 3.47. The summed E-state index contributed by atoms with van der Waals surface area (Å²) in [6, 6.07) is 3.35. The van der Waals surface area contributed by atoms with Crippen LogP contribution in [-0.2, 0) is 9.47 Å². The van der Waals surface area contributed by atoms with Crippen molar-refractivity contribution in [2.75, 3.05) is 13.2 Å². The predicted octanol–water partition coefficient (Wildman–Crippen LogP) is 3.76. The van der Waals surface area contributed by atoms with Crippen molar-refractivity contribution in [1.29, 1.82) is 0 Å². The molecule has 0 amide bonds. The van der Waals surface area contributed by atoms with Crippen LogP contribution in [0.5, 0.6) is 0 Å². The molecule has 4 heteroatoms. The molecule has 1 aromatic rings. The van der Waals surface area contributed by atoms with Crippen molar-refractivity contribution in [1.82, 2.24) is 0 Å². The number of ether oxygens (including phenoxy) is 2. The van der Waals surface area contributed by atoms with E-state index in [2.05, 4.69) is 15.9 Å². The van der Waals surface area contributed by atoms with Crippen LogP contribution in [0, 0.1) is 12.7 Å². The lowest BCUT2D eigenvalue weighted by molar-refractivity contribution is 0.0388. The Labute approximate surface area is 109 Å². The fraction of sp³-hybridized carbons (Fsp3) is 0.538. The van der Waals surface area contributed by atoms with E-state index < -0.39 is 0 Å². The van der Waals surface area contributed by atoms with Gasteiger partial charge in [0.1, 0.15) is 11.9 Å². The topological polar surface area (TPSA) is 21.8 Å². The van der Waals surface area contributed by atoms with Gasteiger partial charge in [-0.25, -0.2) is 4.39 Å². The molecule has 1 aliphatic rings. The van der Waals surface area contributed by atoms with Gasteiger partial charge in [0.05, 0.1) is 19.3 Å². The predicted molar refractivity (Wildman–Crippen MR) is 67.6 cm³/mol. The second-order valence-electron chi connectivity index (χ2n) is 4.31. The highest BCUT2D eigenvalue weighted by molar-refractivity contribution is 9.10. The van der Waals surface area contributed by atoms with Crippen LogP contribution in [0.4, 0.5) is 4.39 Å². The molecule has 2 rings (SSSR count). The van der Waals surface area contributed by atoms with E-state index in [1.807, 2.05) is 6.92 Å². The molecule has 0 N–H and O–H groups in total. The Kier molecular flexibility index (Phi) is 4.17. The van der Waals surface area contributed by atoms with E-state index in [4.69, 9.17) is 9.47 Å². The Hall–Kier alpha value is -0.450. The maximum atomic E-state index is 13.6. The van der Waals surface area contributed by atoms with Crippen molar-refractivity contribution in [3.05, 3.63) is 33.5 Å². The van der Waals surface area contributed by atoms with Crippen LogP contribution < -0.4 is 0 Å². The smallest absolute Gasteiger partial charge is 0.126 e. The van der Waals surface area contributed by atoms with Gasteiger partial charge in [0.25, 0.3) is 0 Å². The van der Waals surface area contributed by atoms with Gasteiger partial charge in [-0.15, -0.1) is 0 Å². The van der Waals surface area contributed by atoms with E-state index in [-0.39, 0.29) is 18.0 Å². The summed E-state index contributed by atoms with van der Waals surface area (Å²) in [4.78, 5) is 0. The molecule has 2 unspecified atom stereocenters. The number of benzene rings is 1. The fourth-order valence-corrected chi connectivity index (χ4v) is 2.44. The second kappa shape index (κ2) is 5.46. The molecule has 2 atom stereocenters. The van der Waals surface area contributed by atoms with Gasteiger partial charge in [0.2, 0.25) is 0 Å². The van der Waals surface area contributed by atoms with Crippen LogP contribution >= 0.6 is 15.9 Å². The molecule has 1 saturated heterocycles. The van der Waals surface area contributed by atoms with E-state index in [1.165, 1.54) is 0 Å². The number of epoxide rings is 1. The molecule has 1 heterocycles. The van der Waals surface area contributed by atoms with E-state index in [9.17, 15) is 4.39 Å². The van der Waals surface area contributed by atoms with Crippen LogP contribution in [0.15, 0.2) is 16.6 Å². The Morgan fingerprint density at radius 2 is 2.29 bits per heavy atom. The average Bonchev–Trinajstić information content (AvgIpc) is 3.09. The zero-order chi connectivity index (χ0) is 12.4. The van der Waals surface area contributed by atoms with E-state index in [1.54, 1.807) is 19.1 Å². The normalized spacial score (nSPS) is 20.4. The van der Waals surface area contributed by atoms with Gasteiger partial charge in [-0.2, -0.15) is 0 Å². The van der Waals surface area contributed by atoms with Crippen molar-refractivity contribution in [3.8, 4) is 0 Å². The van der Waals surface area contributed by atoms with Crippen molar-refractivity contribution in [2.24, 2.45) is 0 Å². The molecule has 1 fully saturated rings. The van der Waals surface area contributed by atoms with Gasteiger partial charge in [0, 0.05) is 4.47 Å². The highest BCUT2D eigenvalue weighted by Gasteiger charge is 2.25. The molecule has 0 aliphatic carbocycles. The van der Waals surface area contributed by atoms with Crippen molar-refractivity contribution in [3.63, 3.8) is 0 Å². The van der Waals surface area contributed by atoms with E-state index in [0.29, 0.717) is 12.2 Å². The molecule has 0 bridgehead atoms. The average molecular weight is 303 g/mol. The molecular formula is C13H16BrFO2. The molecular weight excluding hydrogens is 287 g/mol. The first-order valence-corrected chi connectivity index (χ1v) is 6.59. The Bertz CT molecular complexity index is 405. The first-order valence-electron chi connectivity index (χ1n) is 5.80. The SMILES string of the molecule is CCC(OCC1CO1)c1cc(F)c(C)cc1Br. The zero-order valence-corrected chi connectivity index (χ0v) is 11.6. The van der Waals surface area contributed by atoms with E-state index in [0.717, 1.165) is 23.1 Å². The van der Waals surface area contributed by atoms with Crippen molar-refractivity contribution < 1.29 is 13.9 Å². The summed E-state index contributed by atoms with van der Waals surface area (Å²) in [6.07, 6.45) is 0.968. The Morgan fingerprint density at radius 1 is 1.59 bits per heavy atom. The molecule has 94 valence electrons. The standard InChI is InChI=1S/C13H16BrFO2/c1-3-13(17-7-9-6-16-9)10-5-12(15)8(2)4-11(10)14/h4-5,9,13H,3,6-7H2,1-2H3. The highest BCUT2D eigenvalue weighted by atomic mass is 79.9. The number of hydrogen-bond acceptors (Lipinski definition) is 2. The minimum atomic E-state index is -0.187. The molecule has 0 radical (unpaired) electrons. The third-order valence-corrected chi connectivity index (χ3v) is 3.57. The number of rotatable bonds is 5. The summed E-state index contributed by atoms with van der Waals surface area (Å²) in [6.45, 7) is 5.15. The van der Waals surface area contributed by atoms with Crippen LogP contribution in [0.3, 0.4) is 0 Å². The van der Waals surface area contributed by atoms with Crippen LogP contribution in [0.2, 0.25) is 0 Å². The lowest BCUT2D eigenvalue weighted by Gasteiger charge is -2.18. The van der Waals surface area contributed by atoms with Crippen molar-refractivity contribution in [2.45, 2.75) is 32.5 Å². The maximum absolute atomic E-state index is 13.6.